The number of amides is 1. The predicted molar refractivity (Wildman–Crippen MR) is 74.5 cm³/mol. The summed E-state index contributed by atoms with van der Waals surface area (Å²) in [5.74, 6) is -1.11. The standard InChI is InChI=1S/C12H14BrNO4S/c13-9-2-1-8(19-9)10(15)14-7-12(11(16)17)3-5-18-6-4-12/h1-2H,3-7H2,(H,14,15)(H,16,17). The number of thiophene rings is 1. The average molecular weight is 348 g/mol. The molecule has 5 nitrogen and oxygen atoms in total. The van der Waals surface area contributed by atoms with Crippen LogP contribution in [0.15, 0.2) is 15.9 Å². The SMILES string of the molecule is O=C(NCC1(C(=O)O)CCOCC1)c1ccc(Br)s1. The molecule has 1 saturated heterocycles. The molecular weight excluding hydrogens is 334 g/mol. The van der Waals surface area contributed by atoms with E-state index in [1.807, 2.05) is 0 Å². The van der Waals surface area contributed by atoms with Crippen LogP contribution in [0.25, 0.3) is 0 Å². The van der Waals surface area contributed by atoms with E-state index < -0.39 is 11.4 Å². The van der Waals surface area contributed by atoms with E-state index in [0.717, 1.165) is 3.79 Å². The number of carbonyl (C=O) groups excluding carboxylic acids is 1. The lowest BCUT2D eigenvalue weighted by molar-refractivity contribution is -0.154. The van der Waals surface area contributed by atoms with Gasteiger partial charge < -0.3 is 15.2 Å². The van der Waals surface area contributed by atoms with Gasteiger partial charge in [-0.05, 0) is 40.9 Å². The predicted octanol–water partition coefficient (Wildman–Crippen LogP) is 2.12. The summed E-state index contributed by atoms with van der Waals surface area (Å²) in [7, 11) is 0. The Morgan fingerprint density at radius 3 is 2.63 bits per heavy atom. The highest BCUT2D eigenvalue weighted by Gasteiger charge is 2.40. The van der Waals surface area contributed by atoms with Crippen molar-refractivity contribution in [1.82, 2.24) is 5.32 Å². The van der Waals surface area contributed by atoms with Crippen molar-refractivity contribution in [2.75, 3.05) is 19.8 Å². The van der Waals surface area contributed by atoms with E-state index >= 15 is 0 Å². The van der Waals surface area contributed by atoms with E-state index in [-0.39, 0.29) is 12.5 Å². The molecule has 0 aromatic carbocycles. The van der Waals surface area contributed by atoms with E-state index in [9.17, 15) is 14.7 Å². The first-order valence-electron chi connectivity index (χ1n) is 5.88. The van der Waals surface area contributed by atoms with Crippen molar-refractivity contribution in [2.24, 2.45) is 5.41 Å². The maximum atomic E-state index is 11.9. The summed E-state index contributed by atoms with van der Waals surface area (Å²) in [6.45, 7) is 0.986. The Hall–Kier alpha value is -0.920. The summed E-state index contributed by atoms with van der Waals surface area (Å²) in [5.41, 5.74) is -0.900. The molecule has 2 heterocycles. The van der Waals surface area contributed by atoms with Gasteiger partial charge in [0.15, 0.2) is 0 Å². The summed E-state index contributed by atoms with van der Waals surface area (Å²) in [6, 6.07) is 3.50. The minimum Gasteiger partial charge on any atom is -0.481 e. The Balaban J connectivity index is 1.99. The number of carbonyl (C=O) groups is 2. The Labute approximate surface area is 123 Å². The molecule has 2 N–H and O–H groups in total. The zero-order valence-electron chi connectivity index (χ0n) is 10.1. The van der Waals surface area contributed by atoms with E-state index in [1.165, 1.54) is 11.3 Å². The summed E-state index contributed by atoms with van der Waals surface area (Å²) >= 11 is 4.61. The van der Waals surface area contributed by atoms with Gasteiger partial charge in [0.05, 0.1) is 14.1 Å². The van der Waals surface area contributed by atoms with Crippen LogP contribution in [0.1, 0.15) is 22.5 Å². The lowest BCUT2D eigenvalue weighted by Crippen LogP contribution is -2.46. The number of rotatable bonds is 4. The quantitative estimate of drug-likeness (QED) is 0.874. The zero-order chi connectivity index (χ0) is 13.9. The van der Waals surface area contributed by atoms with E-state index in [0.29, 0.717) is 30.9 Å². The molecule has 0 unspecified atom stereocenters. The fraction of sp³-hybridized carbons (Fsp3) is 0.500. The molecule has 1 amide bonds. The van der Waals surface area contributed by atoms with Crippen LogP contribution >= 0.6 is 27.3 Å². The van der Waals surface area contributed by atoms with Crippen molar-refractivity contribution in [3.63, 3.8) is 0 Å². The zero-order valence-corrected chi connectivity index (χ0v) is 12.6. The molecular formula is C12H14BrNO4S. The first kappa shape index (κ1) is 14.5. The molecule has 0 bridgehead atoms. The topological polar surface area (TPSA) is 75.6 Å². The lowest BCUT2D eigenvalue weighted by Gasteiger charge is -2.33. The van der Waals surface area contributed by atoms with Crippen LogP contribution in [0.2, 0.25) is 0 Å². The van der Waals surface area contributed by atoms with Gasteiger partial charge in [-0.3, -0.25) is 9.59 Å². The van der Waals surface area contributed by atoms with Gasteiger partial charge in [0, 0.05) is 19.8 Å². The Bertz CT molecular complexity index is 482. The van der Waals surface area contributed by atoms with Gasteiger partial charge in [0.2, 0.25) is 0 Å². The van der Waals surface area contributed by atoms with Crippen molar-refractivity contribution in [1.29, 1.82) is 0 Å². The molecule has 104 valence electrons. The number of halogens is 1. The number of nitrogens with one attached hydrogen (secondary N) is 1. The van der Waals surface area contributed by atoms with Crippen LogP contribution in [0.3, 0.4) is 0 Å². The van der Waals surface area contributed by atoms with Crippen molar-refractivity contribution in [3.05, 3.63) is 20.8 Å². The van der Waals surface area contributed by atoms with Crippen LogP contribution in [0.4, 0.5) is 0 Å². The first-order valence-corrected chi connectivity index (χ1v) is 7.49. The third-order valence-electron chi connectivity index (χ3n) is 3.29. The van der Waals surface area contributed by atoms with E-state index in [4.69, 9.17) is 4.74 Å². The number of hydrogen-bond acceptors (Lipinski definition) is 4. The monoisotopic (exact) mass is 347 g/mol. The normalized spacial score (nSPS) is 17.9. The minimum absolute atomic E-state index is 0.139. The summed E-state index contributed by atoms with van der Waals surface area (Å²) in [5, 5.41) is 12.1. The second-order valence-electron chi connectivity index (χ2n) is 4.48. The van der Waals surface area contributed by atoms with Crippen LogP contribution < -0.4 is 5.32 Å². The Morgan fingerprint density at radius 2 is 2.11 bits per heavy atom. The summed E-state index contributed by atoms with van der Waals surface area (Å²) in [4.78, 5) is 23.9. The van der Waals surface area contributed by atoms with Crippen molar-refractivity contribution >= 4 is 39.1 Å². The van der Waals surface area contributed by atoms with E-state index in [1.54, 1.807) is 12.1 Å². The van der Waals surface area contributed by atoms with Crippen LogP contribution in [-0.2, 0) is 9.53 Å². The number of carboxylic acids is 1. The molecule has 0 saturated carbocycles. The van der Waals surface area contributed by atoms with Gasteiger partial charge in [-0.1, -0.05) is 0 Å². The number of ether oxygens (including phenoxy) is 1. The van der Waals surface area contributed by atoms with E-state index in [2.05, 4.69) is 21.2 Å². The van der Waals surface area contributed by atoms with Gasteiger partial charge in [-0.2, -0.15) is 0 Å². The fourth-order valence-corrected chi connectivity index (χ4v) is 3.30. The average Bonchev–Trinajstić information content (AvgIpc) is 2.83. The molecule has 7 heteroatoms. The molecule has 1 aromatic rings. The van der Waals surface area contributed by atoms with Gasteiger partial charge in [0.1, 0.15) is 0 Å². The molecule has 1 fully saturated rings. The highest BCUT2D eigenvalue weighted by atomic mass is 79.9. The summed E-state index contributed by atoms with van der Waals surface area (Å²) in [6.07, 6.45) is 0.855. The lowest BCUT2D eigenvalue weighted by atomic mass is 9.80. The molecule has 0 atom stereocenters. The molecule has 2 rings (SSSR count). The Kier molecular flexibility index (Phi) is 4.59. The molecule has 0 radical (unpaired) electrons. The number of aliphatic carboxylic acids is 1. The van der Waals surface area contributed by atoms with Crippen molar-refractivity contribution in [3.8, 4) is 0 Å². The second-order valence-corrected chi connectivity index (χ2v) is 6.95. The van der Waals surface area contributed by atoms with Gasteiger partial charge in [0.25, 0.3) is 5.91 Å². The largest absolute Gasteiger partial charge is 0.481 e. The fourth-order valence-electron chi connectivity index (χ4n) is 2.00. The molecule has 1 aromatic heterocycles. The van der Waals surface area contributed by atoms with Gasteiger partial charge in [-0.15, -0.1) is 11.3 Å². The minimum atomic E-state index is -0.900. The molecule has 0 aliphatic carbocycles. The van der Waals surface area contributed by atoms with Gasteiger partial charge in [-0.25, -0.2) is 0 Å². The van der Waals surface area contributed by atoms with Crippen molar-refractivity contribution in [2.45, 2.75) is 12.8 Å². The molecule has 1 aliphatic rings. The number of hydrogen-bond donors (Lipinski definition) is 2. The smallest absolute Gasteiger partial charge is 0.311 e. The second kappa shape index (κ2) is 6.02. The van der Waals surface area contributed by atoms with Crippen LogP contribution in [0.5, 0.6) is 0 Å². The van der Waals surface area contributed by atoms with Gasteiger partial charge >= 0.3 is 5.97 Å². The molecule has 19 heavy (non-hydrogen) atoms. The molecule has 1 aliphatic heterocycles. The maximum absolute atomic E-state index is 11.9. The van der Waals surface area contributed by atoms with Crippen molar-refractivity contribution < 1.29 is 19.4 Å². The number of carboxylic acid groups (broad SMARTS) is 1. The third kappa shape index (κ3) is 3.34. The maximum Gasteiger partial charge on any atom is 0.311 e. The Morgan fingerprint density at radius 1 is 1.42 bits per heavy atom. The first-order chi connectivity index (χ1) is 9.03. The summed E-state index contributed by atoms with van der Waals surface area (Å²) < 4.78 is 6.06. The molecule has 0 spiro atoms. The van der Waals surface area contributed by atoms with Crippen LogP contribution in [-0.4, -0.2) is 36.7 Å². The highest BCUT2D eigenvalue weighted by molar-refractivity contribution is 9.11. The van der Waals surface area contributed by atoms with Crippen LogP contribution in [0, 0.1) is 5.41 Å². The third-order valence-corrected chi connectivity index (χ3v) is 4.91. The highest BCUT2D eigenvalue weighted by Crippen LogP contribution is 2.30.